The summed E-state index contributed by atoms with van der Waals surface area (Å²) in [5.41, 5.74) is 2.06. The molecule has 3 aromatic heterocycles. The molecule has 0 unspecified atom stereocenters. The van der Waals surface area contributed by atoms with Crippen molar-refractivity contribution < 1.29 is 9.21 Å². The second-order valence-corrected chi connectivity index (χ2v) is 9.33. The molecule has 0 saturated carbocycles. The summed E-state index contributed by atoms with van der Waals surface area (Å²) in [5.74, 6) is 0.910. The molecule has 0 fully saturated rings. The van der Waals surface area contributed by atoms with Crippen LogP contribution in [0.3, 0.4) is 0 Å². The van der Waals surface area contributed by atoms with E-state index in [4.69, 9.17) is 9.40 Å². The van der Waals surface area contributed by atoms with E-state index >= 15 is 0 Å². The molecular weight excluding hydrogens is 418 g/mol. The molecule has 5 rings (SSSR count). The molecule has 0 spiro atoms. The Bertz CT molecular complexity index is 1290. The monoisotopic (exact) mass is 437 g/mol. The van der Waals surface area contributed by atoms with Crippen LogP contribution in [0.5, 0.6) is 0 Å². The molecule has 0 N–H and O–H groups in total. The molecule has 0 saturated heterocycles. The molecule has 1 aliphatic rings. The Kier molecular flexibility index (Phi) is 4.96. The van der Waals surface area contributed by atoms with Gasteiger partial charge in [0.25, 0.3) is 5.56 Å². The van der Waals surface area contributed by atoms with Gasteiger partial charge in [-0.25, -0.2) is 4.98 Å². The summed E-state index contributed by atoms with van der Waals surface area (Å²) < 4.78 is 7.04. The maximum absolute atomic E-state index is 13.1. The maximum Gasteiger partial charge on any atom is 0.263 e. The lowest BCUT2D eigenvalue weighted by Crippen LogP contribution is -2.31. The van der Waals surface area contributed by atoms with Gasteiger partial charge in [-0.05, 0) is 43.2 Å². The van der Waals surface area contributed by atoms with Gasteiger partial charge in [0.2, 0.25) is 5.91 Å². The highest BCUT2D eigenvalue weighted by Crippen LogP contribution is 2.29. The number of hydrogen-bond acceptors (Lipinski definition) is 6. The normalized spacial score (nSPS) is 13.2. The van der Waals surface area contributed by atoms with Crippen molar-refractivity contribution in [2.24, 2.45) is 0 Å². The third kappa shape index (κ3) is 3.46. The van der Waals surface area contributed by atoms with E-state index in [1.807, 2.05) is 42.2 Å². The number of hydrogen-bond donors (Lipinski definition) is 0. The lowest BCUT2D eigenvalue weighted by molar-refractivity contribution is -0.116. The first-order chi connectivity index (χ1) is 14.6. The Morgan fingerprint density at radius 2 is 2.13 bits per heavy atom. The highest BCUT2D eigenvalue weighted by atomic mass is 32.2. The quantitative estimate of drug-likeness (QED) is 0.347. The first-order valence-corrected chi connectivity index (χ1v) is 11.4. The summed E-state index contributed by atoms with van der Waals surface area (Å²) in [6, 6.07) is 13.5. The average Bonchev–Trinajstić information content (AvgIpc) is 3.48. The van der Waals surface area contributed by atoms with Crippen LogP contribution in [0, 0.1) is 6.92 Å². The fourth-order valence-corrected chi connectivity index (χ4v) is 5.52. The van der Waals surface area contributed by atoms with Gasteiger partial charge in [-0.15, -0.1) is 11.3 Å². The van der Waals surface area contributed by atoms with E-state index in [9.17, 15) is 9.59 Å². The molecule has 0 aliphatic carbocycles. The molecule has 0 atom stereocenters. The molecule has 152 valence electrons. The minimum Gasteiger partial charge on any atom is -0.467 e. The van der Waals surface area contributed by atoms with Crippen LogP contribution in [-0.2, 0) is 17.8 Å². The van der Waals surface area contributed by atoms with Crippen molar-refractivity contribution in [2.45, 2.75) is 25.0 Å². The number of aromatic nitrogens is 2. The van der Waals surface area contributed by atoms with E-state index in [1.165, 1.54) is 28.7 Å². The second-order valence-electron chi connectivity index (χ2n) is 7.15. The summed E-state index contributed by atoms with van der Waals surface area (Å²) in [6.45, 7) is 2.94. The predicted octanol–water partition coefficient (Wildman–Crippen LogP) is 4.09. The van der Waals surface area contributed by atoms with Gasteiger partial charge in [0.05, 0.1) is 23.9 Å². The number of amides is 1. The van der Waals surface area contributed by atoms with Crippen LogP contribution < -0.4 is 10.5 Å². The summed E-state index contributed by atoms with van der Waals surface area (Å²) in [4.78, 5) is 34.3. The lowest BCUT2D eigenvalue weighted by Gasteiger charge is -2.17. The van der Waals surface area contributed by atoms with Crippen molar-refractivity contribution in [1.82, 2.24) is 9.55 Å². The number of fused-ring (bicyclic) bond motifs is 2. The smallest absolute Gasteiger partial charge is 0.263 e. The van der Waals surface area contributed by atoms with Crippen molar-refractivity contribution in [3.05, 3.63) is 75.3 Å². The molecule has 0 bridgehead atoms. The Balaban J connectivity index is 1.44. The van der Waals surface area contributed by atoms with Crippen molar-refractivity contribution in [1.29, 1.82) is 0 Å². The number of para-hydroxylation sites is 1. The van der Waals surface area contributed by atoms with E-state index < -0.39 is 0 Å². The van der Waals surface area contributed by atoms with Gasteiger partial charge in [-0.1, -0.05) is 30.0 Å². The molecule has 1 aliphatic heterocycles. The molecule has 1 aromatic carbocycles. The fourth-order valence-electron chi connectivity index (χ4n) is 3.73. The minimum absolute atomic E-state index is 0.0196. The summed E-state index contributed by atoms with van der Waals surface area (Å²) in [5, 5.41) is 1.14. The van der Waals surface area contributed by atoms with Crippen LogP contribution in [0.15, 0.2) is 63.1 Å². The molecule has 1 amide bonds. The fraction of sp³-hybridized carbons (Fsp3) is 0.227. The number of thiophene rings is 1. The summed E-state index contributed by atoms with van der Waals surface area (Å²) in [7, 11) is 0. The zero-order valence-corrected chi connectivity index (χ0v) is 18.0. The number of nitrogens with zero attached hydrogens (tertiary/aromatic N) is 3. The van der Waals surface area contributed by atoms with Gasteiger partial charge in [-0.2, -0.15) is 0 Å². The molecule has 4 heterocycles. The number of benzene rings is 1. The predicted molar refractivity (Wildman–Crippen MR) is 120 cm³/mol. The number of aryl methyl sites for hydroxylation is 1. The first-order valence-electron chi connectivity index (χ1n) is 9.64. The second kappa shape index (κ2) is 7.77. The average molecular weight is 438 g/mol. The van der Waals surface area contributed by atoms with Crippen LogP contribution in [-0.4, -0.2) is 27.8 Å². The van der Waals surface area contributed by atoms with Crippen molar-refractivity contribution in [3.63, 3.8) is 0 Å². The largest absolute Gasteiger partial charge is 0.467 e. The van der Waals surface area contributed by atoms with E-state index in [2.05, 4.69) is 6.07 Å². The minimum atomic E-state index is -0.109. The van der Waals surface area contributed by atoms with Crippen LogP contribution in [0.25, 0.3) is 10.2 Å². The number of carbonyl (C=O) groups is 1. The van der Waals surface area contributed by atoms with E-state index in [-0.39, 0.29) is 23.8 Å². The van der Waals surface area contributed by atoms with Crippen molar-refractivity contribution in [2.75, 3.05) is 17.2 Å². The summed E-state index contributed by atoms with van der Waals surface area (Å²) >= 11 is 2.79. The molecule has 6 nitrogen and oxygen atoms in total. The van der Waals surface area contributed by atoms with Gasteiger partial charge < -0.3 is 9.32 Å². The SMILES string of the molecule is Cc1cc2c(=O)n(Cc3ccco3)c(SCC(=O)N3CCc4ccccc43)nc2s1. The van der Waals surface area contributed by atoms with Gasteiger partial charge in [0.1, 0.15) is 10.6 Å². The van der Waals surface area contributed by atoms with Crippen LogP contribution in [0.2, 0.25) is 0 Å². The highest BCUT2D eigenvalue weighted by molar-refractivity contribution is 7.99. The summed E-state index contributed by atoms with van der Waals surface area (Å²) in [6.07, 6.45) is 2.46. The highest BCUT2D eigenvalue weighted by Gasteiger charge is 2.25. The van der Waals surface area contributed by atoms with Gasteiger partial charge in [0.15, 0.2) is 5.16 Å². The molecule has 8 heteroatoms. The Morgan fingerprint density at radius 3 is 2.97 bits per heavy atom. The molecular formula is C22H19N3O3S2. The van der Waals surface area contributed by atoms with Gasteiger partial charge in [0, 0.05) is 17.1 Å². The van der Waals surface area contributed by atoms with Crippen molar-refractivity contribution in [3.8, 4) is 0 Å². The number of thioether (sulfide) groups is 1. The van der Waals surface area contributed by atoms with Crippen LogP contribution in [0.4, 0.5) is 5.69 Å². The zero-order valence-electron chi connectivity index (χ0n) is 16.3. The van der Waals surface area contributed by atoms with Gasteiger partial charge in [-0.3, -0.25) is 14.2 Å². The molecule has 0 radical (unpaired) electrons. The van der Waals surface area contributed by atoms with Crippen molar-refractivity contribution >= 4 is 44.9 Å². The third-order valence-corrected chi connectivity index (χ3v) is 7.05. The number of furan rings is 1. The van der Waals surface area contributed by atoms with E-state index in [0.29, 0.717) is 27.7 Å². The molecule has 4 aromatic rings. The van der Waals surface area contributed by atoms with Gasteiger partial charge >= 0.3 is 0 Å². The molecule has 30 heavy (non-hydrogen) atoms. The maximum atomic E-state index is 13.1. The lowest BCUT2D eigenvalue weighted by atomic mass is 10.2. The Labute approximate surface area is 181 Å². The van der Waals surface area contributed by atoms with E-state index in [1.54, 1.807) is 16.9 Å². The standard InChI is InChI=1S/C22H19N3O3S2/c1-14-11-17-20(30-14)23-22(25(21(17)27)12-16-6-4-10-28-16)29-13-19(26)24-9-8-15-5-2-3-7-18(15)24/h2-7,10-11H,8-9,12-13H2,1H3. The third-order valence-electron chi connectivity index (χ3n) is 5.15. The Hall–Kier alpha value is -2.84. The van der Waals surface area contributed by atoms with Crippen LogP contribution in [0.1, 0.15) is 16.2 Å². The number of anilines is 1. The first kappa shape index (κ1) is 19.1. The van der Waals surface area contributed by atoms with E-state index in [0.717, 1.165) is 17.0 Å². The Morgan fingerprint density at radius 1 is 1.27 bits per heavy atom. The zero-order chi connectivity index (χ0) is 20.7. The number of rotatable bonds is 5. The van der Waals surface area contributed by atoms with Crippen LogP contribution >= 0.6 is 23.1 Å². The topological polar surface area (TPSA) is 68.3 Å². The number of carbonyl (C=O) groups excluding carboxylic acids is 1.